The second-order valence-electron chi connectivity index (χ2n) is 6.44. The highest BCUT2D eigenvalue weighted by Gasteiger charge is 2.32. The molecule has 2 aromatic carbocycles. The summed E-state index contributed by atoms with van der Waals surface area (Å²) < 4.78 is 27.6. The number of amides is 1. The average molecular weight is 342 g/mol. The molecule has 0 spiro atoms. The van der Waals surface area contributed by atoms with Crippen molar-refractivity contribution in [3.63, 3.8) is 0 Å². The van der Waals surface area contributed by atoms with Crippen LogP contribution < -0.4 is 5.32 Å². The van der Waals surface area contributed by atoms with Gasteiger partial charge in [0.25, 0.3) is 0 Å². The van der Waals surface area contributed by atoms with Gasteiger partial charge < -0.3 is 5.32 Å². The lowest BCUT2D eigenvalue weighted by molar-refractivity contribution is -0.115. The summed E-state index contributed by atoms with van der Waals surface area (Å²) in [6.07, 6.45) is 0.234. The summed E-state index contributed by atoms with van der Waals surface area (Å²) in [5.41, 5.74) is 3.72. The topological polar surface area (TPSA) is 66.5 Å². The van der Waals surface area contributed by atoms with E-state index in [0.717, 1.165) is 11.1 Å². The Labute approximate surface area is 141 Å². The van der Waals surface area contributed by atoms with Crippen molar-refractivity contribution in [2.75, 3.05) is 11.9 Å². The fourth-order valence-electron chi connectivity index (χ4n) is 3.52. The summed E-state index contributed by atoms with van der Waals surface area (Å²) in [5.74, 6) is 0.0578. The predicted molar refractivity (Wildman–Crippen MR) is 91.2 cm³/mol. The second kappa shape index (κ2) is 5.43. The molecule has 2 heterocycles. The molecule has 0 aliphatic carbocycles. The van der Waals surface area contributed by atoms with E-state index in [2.05, 4.69) is 11.4 Å². The number of carbonyl (C=O) groups excluding carboxylic acids is 1. The third-order valence-electron chi connectivity index (χ3n) is 4.75. The van der Waals surface area contributed by atoms with Gasteiger partial charge in [-0.2, -0.15) is 4.31 Å². The molecule has 1 amide bonds. The molecule has 6 heteroatoms. The fraction of sp³-hybridized carbons (Fsp3) is 0.278. The quantitative estimate of drug-likeness (QED) is 0.912. The van der Waals surface area contributed by atoms with Gasteiger partial charge in [0.2, 0.25) is 15.9 Å². The minimum atomic E-state index is -3.58. The molecular weight excluding hydrogens is 324 g/mol. The van der Waals surface area contributed by atoms with E-state index in [9.17, 15) is 13.2 Å². The Morgan fingerprint density at radius 2 is 1.92 bits per heavy atom. The molecule has 1 N–H and O–H groups in total. The van der Waals surface area contributed by atoms with Gasteiger partial charge in [-0.05, 0) is 40.8 Å². The first-order valence-electron chi connectivity index (χ1n) is 7.96. The molecule has 0 bridgehead atoms. The maximum absolute atomic E-state index is 13.0. The van der Waals surface area contributed by atoms with Crippen molar-refractivity contribution in [2.24, 2.45) is 0 Å². The summed E-state index contributed by atoms with van der Waals surface area (Å²) >= 11 is 0. The molecule has 2 aliphatic heterocycles. The van der Waals surface area contributed by atoms with Crippen molar-refractivity contribution in [1.82, 2.24) is 4.31 Å². The first kappa shape index (κ1) is 15.4. The number of anilines is 1. The Bertz CT molecular complexity index is 937. The number of hydrogen-bond acceptors (Lipinski definition) is 3. The molecule has 1 atom stereocenters. The summed E-state index contributed by atoms with van der Waals surface area (Å²) in [7, 11) is -3.58. The van der Waals surface area contributed by atoms with Crippen LogP contribution in [0.25, 0.3) is 0 Å². The maximum atomic E-state index is 13.0. The zero-order chi connectivity index (χ0) is 16.9. The second-order valence-corrected chi connectivity index (χ2v) is 8.38. The maximum Gasteiger partial charge on any atom is 0.243 e. The van der Waals surface area contributed by atoms with E-state index in [0.29, 0.717) is 18.8 Å². The smallest absolute Gasteiger partial charge is 0.243 e. The monoisotopic (exact) mass is 342 g/mol. The van der Waals surface area contributed by atoms with E-state index < -0.39 is 10.0 Å². The molecule has 0 saturated heterocycles. The van der Waals surface area contributed by atoms with E-state index in [-0.39, 0.29) is 23.1 Å². The minimum absolute atomic E-state index is 0.0972. The lowest BCUT2D eigenvalue weighted by Gasteiger charge is -2.32. The zero-order valence-electron chi connectivity index (χ0n) is 13.3. The molecule has 0 fully saturated rings. The summed E-state index contributed by atoms with van der Waals surface area (Å²) in [6.45, 7) is 2.90. The number of benzene rings is 2. The summed E-state index contributed by atoms with van der Waals surface area (Å²) in [4.78, 5) is 11.7. The van der Waals surface area contributed by atoms with Gasteiger partial charge in [-0.25, -0.2) is 8.42 Å². The van der Waals surface area contributed by atoms with Crippen molar-refractivity contribution >= 4 is 21.6 Å². The number of nitrogens with zero attached hydrogens (tertiary/aromatic N) is 1. The summed E-state index contributed by atoms with van der Waals surface area (Å²) in [6, 6.07) is 12.8. The van der Waals surface area contributed by atoms with Crippen LogP contribution in [0.1, 0.15) is 29.5 Å². The third kappa shape index (κ3) is 2.42. The van der Waals surface area contributed by atoms with E-state index in [1.165, 1.54) is 9.87 Å². The molecule has 0 aromatic heterocycles. The average Bonchev–Trinajstić information content (AvgIpc) is 2.94. The molecule has 2 aliphatic rings. The van der Waals surface area contributed by atoms with Gasteiger partial charge in [-0.15, -0.1) is 0 Å². The van der Waals surface area contributed by atoms with Crippen LogP contribution in [0.5, 0.6) is 0 Å². The predicted octanol–water partition coefficient (Wildman–Crippen LogP) is 2.49. The molecule has 24 heavy (non-hydrogen) atoms. The van der Waals surface area contributed by atoms with Crippen LogP contribution in [0.2, 0.25) is 0 Å². The molecule has 4 rings (SSSR count). The van der Waals surface area contributed by atoms with Crippen molar-refractivity contribution in [2.45, 2.75) is 30.7 Å². The third-order valence-corrected chi connectivity index (χ3v) is 6.56. The number of fused-ring (bicyclic) bond motifs is 2. The lowest BCUT2D eigenvalue weighted by Crippen LogP contribution is -2.37. The van der Waals surface area contributed by atoms with Crippen LogP contribution in [0.4, 0.5) is 5.69 Å². The highest BCUT2D eigenvalue weighted by Crippen LogP contribution is 2.33. The zero-order valence-corrected chi connectivity index (χ0v) is 14.1. The van der Waals surface area contributed by atoms with Gasteiger partial charge in [-0.3, -0.25) is 4.79 Å². The van der Waals surface area contributed by atoms with E-state index in [1.54, 1.807) is 18.2 Å². The Morgan fingerprint density at radius 1 is 1.12 bits per heavy atom. The standard InChI is InChI=1S/C18H18N2O3S/c1-12-10-20(11-13-4-2-3-5-16(12)13)24(22,23)15-6-7-17-14(8-15)9-18(21)19-17/h2-8,12H,9-11H2,1H3,(H,19,21). The number of carbonyl (C=O) groups is 1. The Balaban J connectivity index is 1.69. The SMILES string of the molecule is CC1CN(S(=O)(=O)c2ccc3c(c2)CC(=O)N3)Cc2ccccc21. The van der Waals surface area contributed by atoms with Crippen molar-refractivity contribution in [1.29, 1.82) is 0 Å². The molecule has 124 valence electrons. The van der Waals surface area contributed by atoms with Gasteiger partial charge in [0.15, 0.2) is 0 Å². The Morgan fingerprint density at radius 3 is 2.75 bits per heavy atom. The Kier molecular flexibility index (Phi) is 3.47. The number of hydrogen-bond donors (Lipinski definition) is 1. The number of rotatable bonds is 2. The van der Waals surface area contributed by atoms with Gasteiger partial charge in [-0.1, -0.05) is 31.2 Å². The first-order chi connectivity index (χ1) is 11.4. The largest absolute Gasteiger partial charge is 0.326 e. The molecule has 0 radical (unpaired) electrons. The molecular formula is C18H18N2O3S. The minimum Gasteiger partial charge on any atom is -0.326 e. The normalized spacial score (nSPS) is 20.4. The van der Waals surface area contributed by atoms with E-state index in [1.807, 2.05) is 25.1 Å². The van der Waals surface area contributed by atoms with Crippen LogP contribution in [-0.4, -0.2) is 25.2 Å². The van der Waals surface area contributed by atoms with Gasteiger partial charge in [0.1, 0.15) is 0 Å². The number of sulfonamides is 1. The Hall–Kier alpha value is -2.18. The van der Waals surface area contributed by atoms with E-state index in [4.69, 9.17) is 0 Å². The molecule has 5 nitrogen and oxygen atoms in total. The van der Waals surface area contributed by atoms with Gasteiger partial charge in [0, 0.05) is 18.8 Å². The van der Waals surface area contributed by atoms with Crippen LogP contribution in [0, 0.1) is 0 Å². The first-order valence-corrected chi connectivity index (χ1v) is 9.40. The van der Waals surface area contributed by atoms with Crippen molar-refractivity contribution in [3.05, 3.63) is 59.2 Å². The van der Waals surface area contributed by atoms with Crippen LogP contribution in [0.15, 0.2) is 47.4 Å². The molecule has 1 unspecified atom stereocenters. The summed E-state index contributed by atoms with van der Waals surface area (Å²) in [5, 5.41) is 2.73. The number of nitrogens with one attached hydrogen (secondary N) is 1. The molecule has 0 saturated carbocycles. The molecule has 2 aromatic rings. The lowest BCUT2D eigenvalue weighted by atomic mass is 9.92. The van der Waals surface area contributed by atoms with Crippen molar-refractivity contribution in [3.8, 4) is 0 Å². The van der Waals surface area contributed by atoms with Gasteiger partial charge in [0.05, 0.1) is 11.3 Å². The van der Waals surface area contributed by atoms with Crippen LogP contribution in [0.3, 0.4) is 0 Å². The van der Waals surface area contributed by atoms with E-state index >= 15 is 0 Å². The fourth-order valence-corrected chi connectivity index (χ4v) is 5.07. The van der Waals surface area contributed by atoms with Crippen molar-refractivity contribution < 1.29 is 13.2 Å². The van der Waals surface area contributed by atoms with Gasteiger partial charge >= 0.3 is 0 Å². The highest BCUT2D eigenvalue weighted by atomic mass is 32.2. The van der Waals surface area contributed by atoms with Crippen LogP contribution in [-0.2, 0) is 27.8 Å². The van der Waals surface area contributed by atoms with Crippen LogP contribution >= 0.6 is 0 Å². The highest BCUT2D eigenvalue weighted by molar-refractivity contribution is 7.89.